The highest BCUT2D eigenvalue weighted by molar-refractivity contribution is 5.25. The first-order valence-electron chi connectivity index (χ1n) is 4.83. The van der Waals surface area contributed by atoms with Crippen LogP contribution in [0.3, 0.4) is 0 Å². The molecule has 1 nitrogen and oxygen atoms in total. The molecule has 0 radical (unpaired) electrons. The van der Waals surface area contributed by atoms with Crippen molar-refractivity contribution in [3.8, 4) is 0 Å². The molecule has 2 rings (SSSR count). The van der Waals surface area contributed by atoms with E-state index in [1.807, 2.05) is 7.05 Å². The van der Waals surface area contributed by atoms with Crippen molar-refractivity contribution >= 4 is 0 Å². The minimum atomic E-state index is -0.352. The van der Waals surface area contributed by atoms with Crippen LogP contribution < -0.4 is 5.32 Å². The van der Waals surface area contributed by atoms with E-state index in [-0.39, 0.29) is 17.6 Å². The molecular formula is C11H13F2N. The molecule has 1 aromatic rings. The van der Waals surface area contributed by atoms with Crippen LogP contribution in [0.25, 0.3) is 0 Å². The second-order valence-corrected chi connectivity index (χ2v) is 3.82. The molecule has 0 spiro atoms. The van der Waals surface area contributed by atoms with Gasteiger partial charge in [-0.25, -0.2) is 8.78 Å². The Balaban J connectivity index is 2.13. The molecule has 0 atom stereocenters. The number of halogens is 2. The van der Waals surface area contributed by atoms with Gasteiger partial charge in [-0.3, -0.25) is 0 Å². The standard InChI is InChI=1S/C11H13F2N/c1-14-9-4-7(5-9)10-6-8(12)2-3-11(10)13/h2-3,6-7,9,14H,4-5H2,1H3. The molecule has 0 amide bonds. The lowest BCUT2D eigenvalue weighted by atomic mass is 9.76. The van der Waals surface area contributed by atoms with Crippen LogP contribution in [0.4, 0.5) is 8.78 Å². The fourth-order valence-corrected chi connectivity index (χ4v) is 1.93. The maximum atomic E-state index is 13.3. The van der Waals surface area contributed by atoms with Gasteiger partial charge in [0.2, 0.25) is 0 Å². The van der Waals surface area contributed by atoms with Gasteiger partial charge in [0, 0.05) is 6.04 Å². The fourth-order valence-electron chi connectivity index (χ4n) is 1.93. The van der Waals surface area contributed by atoms with Crippen LogP contribution in [-0.2, 0) is 0 Å². The van der Waals surface area contributed by atoms with Gasteiger partial charge < -0.3 is 5.32 Å². The van der Waals surface area contributed by atoms with Crippen LogP contribution >= 0.6 is 0 Å². The summed E-state index contributed by atoms with van der Waals surface area (Å²) < 4.78 is 26.1. The van der Waals surface area contributed by atoms with Crippen LogP contribution in [0, 0.1) is 11.6 Å². The summed E-state index contributed by atoms with van der Waals surface area (Å²) >= 11 is 0. The zero-order valence-electron chi connectivity index (χ0n) is 8.06. The van der Waals surface area contributed by atoms with Gasteiger partial charge in [0.25, 0.3) is 0 Å². The van der Waals surface area contributed by atoms with E-state index in [4.69, 9.17) is 0 Å². The van der Waals surface area contributed by atoms with Gasteiger partial charge in [0.1, 0.15) is 11.6 Å². The molecule has 1 N–H and O–H groups in total. The van der Waals surface area contributed by atoms with E-state index in [0.29, 0.717) is 11.6 Å². The fraction of sp³-hybridized carbons (Fsp3) is 0.455. The van der Waals surface area contributed by atoms with E-state index in [2.05, 4.69) is 5.32 Å². The molecule has 0 unspecified atom stereocenters. The molecule has 0 bridgehead atoms. The lowest BCUT2D eigenvalue weighted by Gasteiger charge is -2.35. The molecule has 1 aromatic carbocycles. The largest absolute Gasteiger partial charge is 0.317 e. The maximum Gasteiger partial charge on any atom is 0.126 e. The van der Waals surface area contributed by atoms with Gasteiger partial charge >= 0.3 is 0 Å². The number of rotatable bonds is 2. The molecular weight excluding hydrogens is 184 g/mol. The Kier molecular flexibility index (Phi) is 2.50. The number of benzene rings is 1. The summed E-state index contributed by atoms with van der Waals surface area (Å²) in [6, 6.07) is 4.14. The van der Waals surface area contributed by atoms with E-state index in [0.717, 1.165) is 18.9 Å². The van der Waals surface area contributed by atoms with Gasteiger partial charge in [-0.1, -0.05) is 0 Å². The molecule has 1 aliphatic carbocycles. The van der Waals surface area contributed by atoms with Crippen molar-refractivity contribution in [3.63, 3.8) is 0 Å². The third kappa shape index (κ3) is 1.64. The summed E-state index contributed by atoms with van der Waals surface area (Å²) in [6.45, 7) is 0. The van der Waals surface area contributed by atoms with Gasteiger partial charge in [0.15, 0.2) is 0 Å². The molecule has 76 valence electrons. The van der Waals surface area contributed by atoms with Gasteiger partial charge in [-0.15, -0.1) is 0 Å². The number of hydrogen-bond acceptors (Lipinski definition) is 1. The predicted octanol–water partition coefficient (Wildman–Crippen LogP) is 2.43. The van der Waals surface area contributed by atoms with Crippen LogP contribution in [0.1, 0.15) is 24.3 Å². The Morgan fingerprint density at radius 1 is 1.29 bits per heavy atom. The zero-order valence-corrected chi connectivity index (χ0v) is 8.06. The molecule has 3 heteroatoms. The van der Waals surface area contributed by atoms with Crippen LogP contribution in [-0.4, -0.2) is 13.1 Å². The highest BCUT2D eigenvalue weighted by atomic mass is 19.1. The number of nitrogens with one attached hydrogen (secondary N) is 1. The minimum Gasteiger partial charge on any atom is -0.317 e. The van der Waals surface area contributed by atoms with Crippen LogP contribution in [0.5, 0.6) is 0 Å². The van der Waals surface area contributed by atoms with Gasteiger partial charge in [-0.05, 0) is 49.6 Å². The van der Waals surface area contributed by atoms with Gasteiger partial charge in [0.05, 0.1) is 0 Å². The molecule has 1 saturated carbocycles. The summed E-state index contributed by atoms with van der Waals surface area (Å²) in [7, 11) is 1.89. The Hall–Kier alpha value is -0.960. The SMILES string of the molecule is CNC1CC(c2cc(F)ccc2F)C1. The third-order valence-corrected chi connectivity index (χ3v) is 2.94. The van der Waals surface area contributed by atoms with Crippen molar-refractivity contribution in [1.82, 2.24) is 5.32 Å². The lowest BCUT2D eigenvalue weighted by Crippen LogP contribution is -2.38. The number of hydrogen-bond donors (Lipinski definition) is 1. The third-order valence-electron chi connectivity index (χ3n) is 2.94. The van der Waals surface area contributed by atoms with E-state index in [1.165, 1.54) is 12.1 Å². The highest BCUT2D eigenvalue weighted by Gasteiger charge is 2.30. The van der Waals surface area contributed by atoms with Crippen molar-refractivity contribution in [1.29, 1.82) is 0 Å². The Morgan fingerprint density at radius 2 is 2.00 bits per heavy atom. The summed E-state index contributed by atoms with van der Waals surface area (Å²) in [5.41, 5.74) is 0.525. The molecule has 1 aliphatic rings. The summed E-state index contributed by atoms with van der Waals surface area (Å²) in [5, 5.41) is 3.12. The minimum absolute atomic E-state index is 0.183. The quantitative estimate of drug-likeness (QED) is 0.767. The monoisotopic (exact) mass is 197 g/mol. The van der Waals surface area contributed by atoms with E-state index >= 15 is 0 Å². The summed E-state index contributed by atoms with van der Waals surface area (Å²) in [5.74, 6) is -0.455. The van der Waals surface area contributed by atoms with Crippen LogP contribution in [0.15, 0.2) is 18.2 Å². The topological polar surface area (TPSA) is 12.0 Å². The van der Waals surface area contributed by atoms with Gasteiger partial charge in [-0.2, -0.15) is 0 Å². The van der Waals surface area contributed by atoms with Crippen molar-refractivity contribution in [2.45, 2.75) is 24.8 Å². The average Bonchev–Trinajstić information content (AvgIpc) is 2.09. The predicted molar refractivity (Wildman–Crippen MR) is 51.2 cm³/mol. The first kappa shape index (κ1) is 9.59. The van der Waals surface area contributed by atoms with Crippen LogP contribution in [0.2, 0.25) is 0 Å². The van der Waals surface area contributed by atoms with Crippen molar-refractivity contribution < 1.29 is 8.78 Å². The first-order valence-corrected chi connectivity index (χ1v) is 4.83. The molecule has 14 heavy (non-hydrogen) atoms. The van der Waals surface area contributed by atoms with E-state index in [9.17, 15) is 8.78 Å². The second kappa shape index (κ2) is 3.65. The Labute approximate surface area is 82.1 Å². The van der Waals surface area contributed by atoms with E-state index < -0.39 is 0 Å². The van der Waals surface area contributed by atoms with Crippen molar-refractivity contribution in [3.05, 3.63) is 35.4 Å². The normalized spacial score (nSPS) is 25.9. The smallest absolute Gasteiger partial charge is 0.126 e. The molecule has 0 heterocycles. The average molecular weight is 197 g/mol. The second-order valence-electron chi connectivity index (χ2n) is 3.82. The molecule has 0 aromatic heterocycles. The molecule has 0 saturated heterocycles. The van der Waals surface area contributed by atoms with E-state index in [1.54, 1.807) is 0 Å². The first-order chi connectivity index (χ1) is 6.70. The summed E-state index contributed by atoms with van der Waals surface area (Å²) in [6.07, 6.45) is 1.80. The lowest BCUT2D eigenvalue weighted by molar-refractivity contribution is 0.300. The Morgan fingerprint density at radius 3 is 2.64 bits per heavy atom. The highest BCUT2D eigenvalue weighted by Crippen LogP contribution is 2.37. The molecule has 0 aliphatic heterocycles. The van der Waals surface area contributed by atoms with Crippen molar-refractivity contribution in [2.75, 3.05) is 7.05 Å². The maximum absolute atomic E-state index is 13.3. The zero-order chi connectivity index (χ0) is 10.1. The van der Waals surface area contributed by atoms with Crippen molar-refractivity contribution in [2.24, 2.45) is 0 Å². The summed E-state index contributed by atoms with van der Waals surface area (Å²) in [4.78, 5) is 0. The molecule has 1 fully saturated rings. The Bertz CT molecular complexity index is 332.